The number of amides is 1. The first-order valence-corrected chi connectivity index (χ1v) is 14.1. The fourth-order valence-electron chi connectivity index (χ4n) is 6.08. The molecule has 3 aliphatic rings. The lowest BCUT2D eigenvalue weighted by Crippen LogP contribution is -2.51. The van der Waals surface area contributed by atoms with Gasteiger partial charge in [0.05, 0.1) is 11.0 Å². The van der Waals surface area contributed by atoms with Crippen molar-refractivity contribution in [3.05, 3.63) is 63.5 Å². The van der Waals surface area contributed by atoms with Crippen molar-refractivity contribution >= 4 is 17.3 Å². The molecular formula is C29H34F4N4O5. The Morgan fingerprint density at radius 2 is 1.81 bits per heavy atom. The van der Waals surface area contributed by atoms with Gasteiger partial charge in [-0.3, -0.25) is 19.8 Å². The summed E-state index contributed by atoms with van der Waals surface area (Å²) >= 11 is 0. The van der Waals surface area contributed by atoms with Crippen molar-refractivity contribution in [3.63, 3.8) is 0 Å². The number of piperazine rings is 1. The molecule has 2 fully saturated rings. The predicted octanol–water partition coefficient (Wildman–Crippen LogP) is 4.66. The number of nitro benzene ring substituents is 1. The zero-order valence-electron chi connectivity index (χ0n) is 23.3. The highest BCUT2D eigenvalue weighted by atomic mass is 19.4. The summed E-state index contributed by atoms with van der Waals surface area (Å²) in [6.07, 6.45) is -1.69. The average molecular weight is 595 g/mol. The van der Waals surface area contributed by atoms with E-state index >= 15 is 0 Å². The van der Waals surface area contributed by atoms with Gasteiger partial charge in [-0.1, -0.05) is 0 Å². The maximum Gasteiger partial charge on any atom is 0.423 e. The number of halogens is 4. The number of ether oxygens (including phenoxy) is 2. The van der Waals surface area contributed by atoms with E-state index in [-0.39, 0.29) is 42.3 Å². The average Bonchev–Trinajstić information content (AvgIpc) is 3.36. The number of nitro groups is 1. The molecule has 2 aliphatic heterocycles. The highest BCUT2D eigenvalue weighted by Gasteiger charge is 2.39. The summed E-state index contributed by atoms with van der Waals surface area (Å²) in [5, 5.41) is 11.1. The lowest BCUT2D eigenvalue weighted by atomic mass is 9.91. The van der Waals surface area contributed by atoms with Gasteiger partial charge in [0.1, 0.15) is 29.8 Å². The third-order valence-electron chi connectivity index (χ3n) is 8.47. The maximum absolute atomic E-state index is 13.5. The second kappa shape index (κ2) is 12.4. The van der Waals surface area contributed by atoms with Gasteiger partial charge in [0.25, 0.3) is 5.69 Å². The van der Waals surface area contributed by atoms with Crippen LogP contribution in [0.5, 0.6) is 5.75 Å². The number of carbonyl (C=O) groups excluding carboxylic acids is 1. The van der Waals surface area contributed by atoms with Crippen LogP contribution in [0.3, 0.4) is 0 Å². The van der Waals surface area contributed by atoms with E-state index in [1.54, 1.807) is 22.9 Å². The number of benzene rings is 2. The molecule has 0 N–H and O–H groups in total. The molecule has 2 heterocycles. The molecule has 0 spiro atoms. The highest BCUT2D eigenvalue weighted by Crippen LogP contribution is 2.39. The first-order valence-electron chi connectivity index (χ1n) is 14.1. The van der Waals surface area contributed by atoms with Gasteiger partial charge in [0.2, 0.25) is 5.91 Å². The van der Waals surface area contributed by atoms with Gasteiger partial charge in [0.15, 0.2) is 0 Å². The van der Waals surface area contributed by atoms with Gasteiger partial charge in [-0.2, -0.15) is 13.2 Å². The minimum atomic E-state index is -4.83. The number of hydrogen-bond acceptors (Lipinski definition) is 7. The largest absolute Gasteiger partial charge is 0.488 e. The summed E-state index contributed by atoms with van der Waals surface area (Å²) in [5.41, 5.74) is -1.07. The first-order chi connectivity index (χ1) is 20.0. The van der Waals surface area contributed by atoms with E-state index in [9.17, 15) is 32.5 Å². The number of hydrogen-bond donors (Lipinski definition) is 0. The van der Waals surface area contributed by atoms with Gasteiger partial charge in [-0.25, -0.2) is 4.39 Å². The molecule has 1 saturated heterocycles. The Morgan fingerprint density at radius 1 is 1.10 bits per heavy atom. The summed E-state index contributed by atoms with van der Waals surface area (Å²) in [5.74, 6) is 0.396. The molecule has 5 rings (SSSR count). The minimum Gasteiger partial charge on any atom is -0.488 e. The van der Waals surface area contributed by atoms with Crippen LogP contribution in [0.2, 0.25) is 0 Å². The lowest BCUT2D eigenvalue weighted by Gasteiger charge is -2.37. The van der Waals surface area contributed by atoms with Crippen molar-refractivity contribution in [1.29, 1.82) is 0 Å². The van der Waals surface area contributed by atoms with E-state index in [2.05, 4.69) is 4.90 Å². The Balaban J connectivity index is 1.03. The highest BCUT2D eigenvalue weighted by molar-refractivity contribution is 5.77. The molecule has 0 radical (unpaired) electrons. The van der Waals surface area contributed by atoms with Crippen molar-refractivity contribution in [2.75, 3.05) is 51.3 Å². The van der Waals surface area contributed by atoms with Gasteiger partial charge < -0.3 is 19.3 Å². The van der Waals surface area contributed by atoms with Crippen molar-refractivity contribution < 1.29 is 36.8 Å². The van der Waals surface area contributed by atoms with Crippen molar-refractivity contribution in [1.82, 2.24) is 9.80 Å². The maximum atomic E-state index is 13.5. The normalized spacial score (nSPS) is 22.9. The van der Waals surface area contributed by atoms with Gasteiger partial charge in [0, 0.05) is 69.6 Å². The van der Waals surface area contributed by atoms with Crippen molar-refractivity contribution in [2.24, 2.45) is 0 Å². The van der Waals surface area contributed by atoms with Crippen LogP contribution in [0.4, 0.5) is 28.9 Å². The smallest absolute Gasteiger partial charge is 0.423 e. The molecule has 228 valence electrons. The Labute approximate surface area is 241 Å². The molecule has 1 unspecified atom stereocenters. The third-order valence-corrected chi connectivity index (χ3v) is 8.47. The number of carbonyl (C=O) groups is 1. The molecule has 2 aromatic carbocycles. The molecule has 9 nitrogen and oxygen atoms in total. The number of anilines is 1. The van der Waals surface area contributed by atoms with Crippen molar-refractivity contribution in [2.45, 2.75) is 56.5 Å². The SMILES string of the molecule is CN(c1ccc([N+](=O)[O-])c(C(F)(F)F)c1)C1CCC(OCC(=O)N2CCN(CC3Cc4cc(F)ccc4O3)CC2)CC1. The number of fused-ring (bicyclic) bond motifs is 1. The van der Waals surface area contributed by atoms with Crippen LogP contribution in [-0.4, -0.2) is 85.3 Å². The van der Waals surface area contributed by atoms with E-state index in [1.165, 1.54) is 18.2 Å². The van der Waals surface area contributed by atoms with E-state index in [4.69, 9.17) is 9.47 Å². The third kappa shape index (κ3) is 6.95. The van der Waals surface area contributed by atoms with Crippen LogP contribution in [0.1, 0.15) is 36.8 Å². The quantitative estimate of drug-likeness (QED) is 0.250. The Morgan fingerprint density at radius 3 is 2.48 bits per heavy atom. The first kappa shape index (κ1) is 30.0. The number of nitrogens with zero attached hydrogens (tertiary/aromatic N) is 4. The lowest BCUT2D eigenvalue weighted by molar-refractivity contribution is -0.388. The van der Waals surface area contributed by atoms with E-state index in [1.807, 2.05) is 0 Å². The molecule has 1 amide bonds. The Bertz CT molecular complexity index is 1290. The molecule has 0 aromatic heterocycles. The molecule has 1 saturated carbocycles. The summed E-state index contributed by atoms with van der Waals surface area (Å²) in [4.78, 5) is 28.6. The van der Waals surface area contributed by atoms with Crippen LogP contribution in [0.25, 0.3) is 0 Å². The van der Waals surface area contributed by atoms with E-state index in [0.29, 0.717) is 64.8 Å². The molecular weight excluding hydrogens is 560 g/mol. The molecule has 42 heavy (non-hydrogen) atoms. The molecule has 1 atom stereocenters. The fraction of sp³-hybridized carbons (Fsp3) is 0.552. The molecule has 2 aromatic rings. The number of rotatable bonds is 8. The monoisotopic (exact) mass is 594 g/mol. The molecule has 13 heteroatoms. The van der Waals surface area contributed by atoms with Crippen LogP contribution < -0.4 is 9.64 Å². The fourth-order valence-corrected chi connectivity index (χ4v) is 6.08. The summed E-state index contributed by atoms with van der Waals surface area (Å²) in [6.45, 7) is 3.30. The van der Waals surface area contributed by atoms with Crippen LogP contribution >= 0.6 is 0 Å². The second-order valence-electron chi connectivity index (χ2n) is 11.2. The molecule has 0 bridgehead atoms. The Hall–Kier alpha value is -3.45. The van der Waals surface area contributed by atoms with Crippen LogP contribution in [0, 0.1) is 15.9 Å². The standard InChI is InChI=1S/C29H34F4N4O5/c1-34(22-5-8-26(37(39)40)25(16-22)29(31,32)33)21-3-6-23(7-4-21)41-18-28(38)36-12-10-35(11-13-36)17-24-15-19-14-20(30)2-9-27(19)42-24/h2,5,8-9,14,16,21,23-24H,3-4,6-7,10-13,15,17-18H2,1H3. The van der Waals surface area contributed by atoms with Crippen LogP contribution in [0.15, 0.2) is 36.4 Å². The van der Waals surface area contributed by atoms with Gasteiger partial charge in [-0.15, -0.1) is 0 Å². The van der Waals surface area contributed by atoms with E-state index < -0.39 is 22.4 Å². The summed E-state index contributed by atoms with van der Waals surface area (Å²) < 4.78 is 65.5. The number of alkyl halides is 3. The zero-order chi connectivity index (χ0) is 30.0. The molecule has 1 aliphatic carbocycles. The minimum absolute atomic E-state index is 0.0188. The predicted molar refractivity (Wildman–Crippen MR) is 146 cm³/mol. The summed E-state index contributed by atoms with van der Waals surface area (Å²) in [6, 6.07) is 7.61. The summed E-state index contributed by atoms with van der Waals surface area (Å²) in [7, 11) is 1.69. The topological polar surface area (TPSA) is 88.4 Å². The van der Waals surface area contributed by atoms with Crippen molar-refractivity contribution in [3.8, 4) is 5.75 Å². The second-order valence-corrected chi connectivity index (χ2v) is 11.2. The Kier molecular flexibility index (Phi) is 8.88. The van der Waals surface area contributed by atoms with Gasteiger partial charge >= 0.3 is 6.18 Å². The van der Waals surface area contributed by atoms with Gasteiger partial charge in [-0.05, 0) is 56.0 Å². The zero-order valence-corrected chi connectivity index (χ0v) is 23.3. The van der Waals surface area contributed by atoms with E-state index in [0.717, 1.165) is 23.4 Å². The van der Waals surface area contributed by atoms with Crippen LogP contribution in [-0.2, 0) is 22.1 Å².